The number of Topliss-reactive ketones (excluding diaryl/α,β-unsaturated/α-hetero) is 1. The molecule has 0 aliphatic carbocycles. The standard InChI is InChI=1S/C27H34ClN3O3/c1-3-5-16-30(17-6-4-2)18-9-19-31-24(22-10-7-8-15-29-22)23(26(33)27(31)34)25(32)20-11-13-21(28)14-12-20/h7-8,10-15,24,32H,3-6,9,16-19H2,1-2H3/t24-/m1/s1. The van der Waals surface area contributed by atoms with Crippen molar-refractivity contribution in [3.8, 4) is 0 Å². The van der Waals surface area contributed by atoms with Crippen molar-refractivity contribution in [2.45, 2.75) is 52.0 Å². The predicted octanol–water partition coefficient (Wildman–Crippen LogP) is 5.45. The maximum absolute atomic E-state index is 13.1. The second-order valence-electron chi connectivity index (χ2n) is 8.66. The minimum absolute atomic E-state index is 0.0693. The minimum atomic E-state index is -0.725. The number of hydrogen-bond acceptors (Lipinski definition) is 5. The molecule has 6 nitrogen and oxygen atoms in total. The SMILES string of the molecule is CCCCN(CCCC)CCCN1C(=O)C(=O)C(=C(O)c2ccc(Cl)cc2)[C@H]1c1ccccn1. The van der Waals surface area contributed by atoms with E-state index in [-0.39, 0.29) is 11.3 Å². The largest absolute Gasteiger partial charge is 0.507 e. The Hall–Kier alpha value is -2.70. The number of rotatable bonds is 12. The molecule has 7 heteroatoms. The summed E-state index contributed by atoms with van der Waals surface area (Å²) < 4.78 is 0. The molecule has 1 aromatic carbocycles. The van der Waals surface area contributed by atoms with Gasteiger partial charge < -0.3 is 14.9 Å². The Labute approximate surface area is 207 Å². The second kappa shape index (κ2) is 12.7. The molecular weight excluding hydrogens is 450 g/mol. The summed E-state index contributed by atoms with van der Waals surface area (Å²) in [7, 11) is 0. The second-order valence-corrected chi connectivity index (χ2v) is 9.09. The highest BCUT2D eigenvalue weighted by molar-refractivity contribution is 6.46. The van der Waals surface area contributed by atoms with Crippen LogP contribution in [0.25, 0.3) is 5.76 Å². The van der Waals surface area contributed by atoms with Gasteiger partial charge in [0.25, 0.3) is 11.7 Å². The topological polar surface area (TPSA) is 73.7 Å². The van der Waals surface area contributed by atoms with Gasteiger partial charge in [0.1, 0.15) is 11.8 Å². The molecule has 2 heterocycles. The van der Waals surface area contributed by atoms with Crippen molar-refractivity contribution in [1.82, 2.24) is 14.8 Å². The molecule has 0 saturated carbocycles. The summed E-state index contributed by atoms with van der Waals surface area (Å²) in [6, 6.07) is 11.2. The van der Waals surface area contributed by atoms with E-state index in [1.54, 1.807) is 47.5 Å². The van der Waals surface area contributed by atoms with Gasteiger partial charge in [-0.25, -0.2) is 0 Å². The number of likely N-dealkylation sites (tertiary alicyclic amines) is 1. The number of aliphatic hydroxyl groups is 1. The lowest BCUT2D eigenvalue weighted by atomic mass is 9.98. The average Bonchev–Trinajstić information content (AvgIpc) is 3.11. The van der Waals surface area contributed by atoms with E-state index in [0.717, 1.165) is 51.7 Å². The summed E-state index contributed by atoms with van der Waals surface area (Å²) in [4.78, 5) is 34.6. The van der Waals surface area contributed by atoms with Gasteiger partial charge in [-0.1, -0.05) is 44.4 Å². The van der Waals surface area contributed by atoms with Crippen LogP contribution in [0.15, 0.2) is 54.2 Å². The number of ketones is 1. The zero-order chi connectivity index (χ0) is 24.5. The fraction of sp³-hybridized carbons (Fsp3) is 0.444. The number of benzene rings is 1. The van der Waals surface area contributed by atoms with Crippen LogP contribution >= 0.6 is 11.6 Å². The molecule has 182 valence electrons. The molecule has 1 amide bonds. The Morgan fingerprint density at radius 2 is 1.65 bits per heavy atom. The van der Waals surface area contributed by atoms with Crippen molar-refractivity contribution in [1.29, 1.82) is 0 Å². The third kappa shape index (κ3) is 6.24. The molecule has 1 atom stereocenters. The number of nitrogens with zero attached hydrogens (tertiary/aromatic N) is 3. The maximum Gasteiger partial charge on any atom is 0.295 e. The predicted molar refractivity (Wildman–Crippen MR) is 136 cm³/mol. The Balaban J connectivity index is 1.87. The number of halogens is 1. The molecule has 0 bridgehead atoms. The first-order chi connectivity index (χ1) is 16.5. The van der Waals surface area contributed by atoms with E-state index in [1.165, 1.54) is 0 Å². The lowest BCUT2D eigenvalue weighted by Crippen LogP contribution is -2.34. The zero-order valence-electron chi connectivity index (χ0n) is 20.0. The summed E-state index contributed by atoms with van der Waals surface area (Å²) in [5.74, 6) is -1.49. The maximum atomic E-state index is 13.1. The molecule has 1 aliphatic rings. The molecule has 1 saturated heterocycles. The molecule has 1 fully saturated rings. The first-order valence-corrected chi connectivity index (χ1v) is 12.5. The number of aromatic nitrogens is 1. The zero-order valence-corrected chi connectivity index (χ0v) is 20.8. The Morgan fingerprint density at radius 3 is 2.24 bits per heavy atom. The number of carbonyl (C=O) groups excluding carboxylic acids is 2. The van der Waals surface area contributed by atoms with E-state index in [9.17, 15) is 14.7 Å². The Kier molecular flexibility index (Phi) is 9.66. The van der Waals surface area contributed by atoms with Gasteiger partial charge in [-0.3, -0.25) is 14.6 Å². The summed E-state index contributed by atoms with van der Waals surface area (Å²) >= 11 is 5.98. The van der Waals surface area contributed by atoms with Crippen molar-refractivity contribution in [3.05, 3.63) is 70.5 Å². The Morgan fingerprint density at radius 1 is 1.00 bits per heavy atom. The van der Waals surface area contributed by atoms with Crippen LogP contribution in [0.3, 0.4) is 0 Å². The van der Waals surface area contributed by atoms with E-state index in [1.807, 2.05) is 6.07 Å². The van der Waals surface area contributed by atoms with Crippen molar-refractivity contribution < 1.29 is 14.7 Å². The first kappa shape index (κ1) is 25.9. The van der Waals surface area contributed by atoms with Crippen molar-refractivity contribution in [3.63, 3.8) is 0 Å². The van der Waals surface area contributed by atoms with Gasteiger partial charge >= 0.3 is 0 Å². The summed E-state index contributed by atoms with van der Waals surface area (Å²) in [6.45, 7) is 7.72. The van der Waals surface area contributed by atoms with Crippen LogP contribution in [-0.2, 0) is 9.59 Å². The monoisotopic (exact) mass is 483 g/mol. The molecule has 0 spiro atoms. The minimum Gasteiger partial charge on any atom is -0.507 e. The fourth-order valence-corrected chi connectivity index (χ4v) is 4.41. The van der Waals surface area contributed by atoms with Gasteiger partial charge in [0.2, 0.25) is 0 Å². The molecule has 3 rings (SSSR count). The van der Waals surface area contributed by atoms with Gasteiger partial charge in [0.05, 0.1) is 11.3 Å². The van der Waals surface area contributed by atoms with Crippen molar-refractivity contribution in [2.24, 2.45) is 0 Å². The van der Waals surface area contributed by atoms with Crippen LogP contribution in [-0.4, -0.2) is 57.8 Å². The van der Waals surface area contributed by atoms with Gasteiger partial charge in [0.15, 0.2) is 0 Å². The molecule has 0 unspecified atom stereocenters. The highest BCUT2D eigenvalue weighted by Gasteiger charge is 2.46. The highest BCUT2D eigenvalue weighted by atomic mass is 35.5. The molecule has 1 N–H and O–H groups in total. The van der Waals surface area contributed by atoms with E-state index in [2.05, 4.69) is 23.7 Å². The van der Waals surface area contributed by atoms with E-state index < -0.39 is 17.7 Å². The first-order valence-electron chi connectivity index (χ1n) is 12.2. The fourth-order valence-electron chi connectivity index (χ4n) is 4.28. The molecule has 0 radical (unpaired) electrons. The van der Waals surface area contributed by atoms with E-state index in [4.69, 9.17) is 11.6 Å². The number of pyridine rings is 1. The average molecular weight is 484 g/mol. The summed E-state index contributed by atoms with van der Waals surface area (Å²) in [6.07, 6.45) is 6.94. The number of unbranched alkanes of at least 4 members (excludes halogenated alkanes) is 2. The van der Waals surface area contributed by atoms with E-state index >= 15 is 0 Å². The van der Waals surface area contributed by atoms with Gasteiger partial charge in [-0.15, -0.1) is 0 Å². The quantitative estimate of drug-likeness (QED) is 0.247. The number of carbonyl (C=O) groups is 2. The van der Waals surface area contributed by atoms with E-state index in [0.29, 0.717) is 22.8 Å². The smallest absolute Gasteiger partial charge is 0.295 e. The molecule has 34 heavy (non-hydrogen) atoms. The van der Waals surface area contributed by atoms with Crippen LogP contribution in [0.2, 0.25) is 5.02 Å². The lowest BCUT2D eigenvalue weighted by Gasteiger charge is -2.27. The molecular formula is C27H34ClN3O3. The van der Waals surface area contributed by atoms with Crippen molar-refractivity contribution >= 4 is 29.1 Å². The van der Waals surface area contributed by atoms with Crippen LogP contribution in [0, 0.1) is 0 Å². The molecule has 1 aromatic heterocycles. The van der Waals surface area contributed by atoms with Crippen molar-refractivity contribution in [2.75, 3.05) is 26.2 Å². The highest BCUT2D eigenvalue weighted by Crippen LogP contribution is 2.38. The molecule has 1 aliphatic heterocycles. The summed E-state index contributed by atoms with van der Waals surface area (Å²) in [5, 5.41) is 11.6. The number of hydrogen-bond donors (Lipinski definition) is 1. The van der Waals surface area contributed by atoms with Crippen LogP contribution in [0.5, 0.6) is 0 Å². The van der Waals surface area contributed by atoms with Crippen LogP contribution < -0.4 is 0 Å². The number of aliphatic hydroxyl groups excluding tert-OH is 1. The van der Waals surface area contributed by atoms with Gasteiger partial charge in [-0.2, -0.15) is 0 Å². The normalized spacial score (nSPS) is 17.6. The van der Waals surface area contributed by atoms with Gasteiger partial charge in [0, 0.05) is 23.3 Å². The van der Waals surface area contributed by atoms with Crippen LogP contribution in [0.1, 0.15) is 63.3 Å². The third-order valence-corrected chi connectivity index (χ3v) is 6.41. The Bertz CT molecular complexity index is 984. The lowest BCUT2D eigenvalue weighted by molar-refractivity contribution is -0.140. The molecule has 2 aromatic rings. The third-order valence-electron chi connectivity index (χ3n) is 6.15. The summed E-state index contributed by atoms with van der Waals surface area (Å²) in [5.41, 5.74) is 1.07. The number of amides is 1. The van der Waals surface area contributed by atoms with Crippen LogP contribution in [0.4, 0.5) is 0 Å². The van der Waals surface area contributed by atoms with Gasteiger partial charge in [-0.05, 0) is 75.3 Å².